The molecule has 0 radical (unpaired) electrons. The molecule has 2 rings (SSSR count). The van der Waals surface area contributed by atoms with Crippen molar-refractivity contribution >= 4 is 11.9 Å². The van der Waals surface area contributed by atoms with Crippen molar-refractivity contribution in [2.75, 3.05) is 11.9 Å². The van der Waals surface area contributed by atoms with Crippen LogP contribution in [-0.4, -0.2) is 22.4 Å². The number of hydrogen-bond acceptors (Lipinski definition) is 5. The van der Waals surface area contributed by atoms with Crippen molar-refractivity contribution in [3.8, 4) is 6.07 Å². The van der Waals surface area contributed by atoms with Gasteiger partial charge >= 0.3 is 0 Å². The Morgan fingerprint density at radius 3 is 2.80 bits per heavy atom. The van der Waals surface area contributed by atoms with Gasteiger partial charge in [0.15, 0.2) is 0 Å². The topological polar surface area (TPSA) is 90.7 Å². The van der Waals surface area contributed by atoms with Crippen LogP contribution in [0.2, 0.25) is 0 Å². The van der Waals surface area contributed by atoms with Gasteiger partial charge in [-0.1, -0.05) is 30.3 Å². The number of benzene rings is 1. The molecule has 0 fully saturated rings. The molecule has 0 saturated heterocycles. The summed E-state index contributed by atoms with van der Waals surface area (Å²) in [5.41, 5.74) is 1.29. The predicted molar refractivity (Wildman–Crippen MR) is 73.5 cm³/mol. The standard InChI is InChI=1S/C14H13N5O/c15-8-12-6-7-16-14(19-12)18-10-13(20)17-9-11-4-2-1-3-5-11/h1-7H,9-10H2,(H,17,20)(H,16,18,19). The van der Waals surface area contributed by atoms with E-state index in [1.165, 1.54) is 12.3 Å². The van der Waals surface area contributed by atoms with Crippen LogP contribution in [0.1, 0.15) is 11.3 Å². The average molecular weight is 267 g/mol. The fraction of sp³-hybridized carbons (Fsp3) is 0.143. The summed E-state index contributed by atoms with van der Waals surface area (Å²) in [6.45, 7) is 0.530. The van der Waals surface area contributed by atoms with Gasteiger partial charge in [0.2, 0.25) is 11.9 Å². The van der Waals surface area contributed by atoms with Gasteiger partial charge in [-0.3, -0.25) is 4.79 Å². The van der Waals surface area contributed by atoms with Gasteiger partial charge in [0.1, 0.15) is 11.8 Å². The van der Waals surface area contributed by atoms with E-state index in [1.807, 2.05) is 36.4 Å². The van der Waals surface area contributed by atoms with Gasteiger partial charge in [0, 0.05) is 12.7 Å². The maximum absolute atomic E-state index is 11.6. The first-order valence-corrected chi connectivity index (χ1v) is 6.05. The Morgan fingerprint density at radius 2 is 2.05 bits per heavy atom. The van der Waals surface area contributed by atoms with E-state index in [1.54, 1.807) is 0 Å². The highest BCUT2D eigenvalue weighted by atomic mass is 16.1. The number of nitrogens with zero attached hydrogens (tertiary/aromatic N) is 3. The lowest BCUT2D eigenvalue weighted by Crippen LogP contribution is -2.29. The molecule has 1 heterocycles. The number of carbonyl (C=O) groups is 1. The summed E-state index contributed by atoms with van der Waals surface area (Å²) in [5, 5.41) is 14.2. The first kappa shape index (κ1) is 13.5. The third-order valence-electron chi connectivity index (χ3n) is 2.51. The lowest BCUT2D eigenvalue weighted by molar-refractivity contribution is -0.119. The molecule has 1 amide bonds. The Hall–Kier alpha value is -2.94. The quantitative estimate of drug-likeness (QED) is 0.845. The fourth-order valence-corrected chi connectivity index (χ4v) is 1.52. The van der Waals surface area contributed by atoms with E-state index in [2.05, 4.69) is 20.6 Å². The molecule has 2 aromatic rings. The van der Waals surface area contributed by atoms with Crippen molar-refractivity contribution < 1.29 is 4.79 Å². The van der Waals surface area contributed by atoms with Gasteiger partial charge in [-0.05, 0) is 11.6 Å². The molecule has 0 bridgehead atoms. The lowest BCUT2D eigenvalue weighted by Gasteiger charge is -2.06. The van der Waals surface area contributed by atoms with Crippen LogP contribution in [-0.2, 0) is 11.3 Å². The van der Waals surface area contributed by atoms with Gasteiger partial charge in [-0.2, -0.15) is 5.26 Å². The molecule has 0 unspecified atom stereocenters. The van der Waals surface area contributed by atoms with Crippen molar-refractivity contribution in [1.82, 2.24) is 15.3 Å². The van der Waals surface area contributed by atoms with Gasteiger partial charge in [0.05, 0.1) is 6.54 Å². The second-order valence-corrected chi connectivity index (χ2v) is 3.99. The molecular weight excluding hydrogens is 254 g/mol. The molecule has 6 nitrogen and oxygen atoms in total. The molecule has 0 aliphatic carbocycles. The number of carbonyl (C=O) groups excluding carboxylic acids is 1. The smallest absolute Gasteiger partial charge is 0.239 e. The number of hydrogen-bond donors (Lipinski definition) is 2. The summed E-state index contributed by atoms with van der Waals surface area (Å²) in [6, 6.07) is 13.0. The van der Waals surface area contributed by atoms with Crippen molar-refractivity contribution in [3.05, 3.63) is 53.9 Å². The molecule has 6 heteroatoms. The Kier molecular flexibility index (Phi) is 4.62. The number of nitriles is 1. The lowest BCUT2D eigenvalue weighted by atomic mass is 10.2. The minimum atomic E-state index is -0.167. The van der Waals surface area contributed by atoms with E-state index in [4.69, 9.17) is 5.26 Å². The molecule has 1 aromatic heterocycles. The van der Waals surface area contributed by atoms with Crippen LogP contribution in [0.3, 0.4) is 0 Å². The summed E-state index contributed by atoms with van der Waals surface area (Å²) in [4.78, 5) is 19.5. The zero-order chi connectivity index (χ0) is 14.2. The highest BCUT2D eigenvalue weighted by molar-refractivity contribution is 5.80. The van der Waals surface area contributed by atoms with Gasteiger partial charge in [-0.25, -0.2) is 9.97 Å². The van der Waals surface area contributed by atoms with Gasteiger partial charge < -0.3 is 10.6 Å². The van der Waals surface area contributed by atoms with E-state index >= 15 is 0 Å². The van der Waals surface area contributed by atoms with Crippen LogP contribution in [0.5, 0.6) is 0 Å². The second-order valence-electron chi connectivity index (χ2n) is 3.99. The minimum Gasteiger partial charge on any atom is -0.350 e. The van der Waals surface area contributed by atoms with Crippen molar-refractivity contribution in [1.29, 1.82) is 5.26 Å². The van der Waals surface area contributed by atoms with Crippen LogP contribution in [0.25, 0.3) is 0 Å². The molecule has 1 aromatic carbocycles. The highest BCUT2D eigenvalue weighted by Crippen LogP contribution is 1.99. The first-order valence-electron chi connectivity index (χ1n) is 6.05. The van der Waals surface area contributed by atoms with Crippen molar-refractivity contribution in [3.63, 3.8) is 0 Å². The van der Waals surface area contributed by atoms with Crippen molar-refractivity contribution in [2.24, 2.45) is 0 Å². The van der Waals surface area contributed by atoms with Crippen LogP contribution < -0.4 is 10.6 Å². The summed E-state index contributed by atoms with van der Waals surface area (Å²) >= 11 is 0. The summed E-state index contributed by atoms with van der Waals surface area (Å²) in [5.74, 6) is 0.0960. The zero-order valence-corrected chi connectivity index (χ0v) is 10.7. The van der Waals surface area contributed by atoms with Gasteiger partial charge in [-0.15, -0.1) is 0 Å². The number of amides is 1. The highest BCUT2D eigenvalue weighted by Gasteiger charge is 2.03. The Morgan fingerprint density at radius 1 is 1.25 bits per heavy atom. The van der Waals surface area contributed by atoms with Crippen LogP contribution in [0.4, 0.5) is 5.95 Å². The molecule has 20 heavy (non-hydrogen) atoms. The minimum absolute atomic E-state index is 0.0573. The molecule has 2 N–H and O–H groups in total. The second kappa shape index (κ2) is 6.85. The van der Waals surface area contributed by atoms with E-state index in [9.17, 15) is 4.79 Å². The maximum atomic E-state index is 11.6. The fourth-order valence-electron chi connectivity index (χ4n) is 1.52. The first-order chi connectivity index (χ1) is 9.78. The number of aromatic nitrogens is 2. The number of nitrogens with one attached hydrogen (secondary N) is 2. The van der Waals surface area contributed by atoms with E-state index < -0.39 is 0 Å². The molecule has 100 valence electrons. The SMILES string of the molecule is N#Cc1ccnc(NCC(=O)NCc2ccccc2)n1. The summed E-state index contributed by atoms with van der Waals surface area (Å²) < 4.78 is 0. The Bertz CT molecular complexity index is 621. The monoisotopic (exact) mass is 267 g/mol. The zero-order valence-electron chi connectivity index (χ0n) is 10.7. The van der Waals surface area contributed by atoms with Crippen molar-refractivity contribution in [2.45, 2.75) is 6.54 Å². The number of rotatable bonds is 5. The van der Waals surface area contributed by atoms with E-state index in [-0.39, 0.29) is 24.1 Å². The number of anilines is 1. The van der Waals surface area contributed by atoms with Crippen LogP contribution in [0, 0.1) is 11.3 Å². The molecule has 0 saturated carbocycles. The maximum Gasteiger partial charge on any atom is 0.239 e. The molecule has 0 aliphatic rings. The van der Waals surface area contributed by atoms with Gasteiger partial charge in [0.25, 0.3) is 0 Å². The molecule has 0 atom stereocenters. The molecular formula is C14H13N5O. The third-order valence-corrected chi connectivity index (χ3v) is 2.51. The Balaban J connectivity index is 1.79. The van der Waals surface area contributed by atoms with Crippen LogP contribution >= 0.6 is 0 Å². The summed E-state index contributed by atoms with van der Waals surface area (Å²) in [6.07, 6.45) is 1.47. The van der Waals surface area contributed by atoms with Crippen LogP contribution in [0.15, 0.2) is 42.6 Å². The third kappa shape index (κ3) is 4.07. The van der Waals surface area contributed by atoms with E-state index in [0.29, 0.717) is 6.54 Å². The molecule has 0 aliphatic heterocycles. The summed E-state index contributed by atoms with van der Waals surface area (Å²) in [7, 11) is 0. The average Bonchev–Trinajstić information content (AvgIpc) is 2.52. The predicted octanol–water partition coefficient (Wildman–Crippen LogP) is 1.08. The van der Waals surface area contributed by atoms with E-state index in [0.717, 1.165) is 5.56 Å². The Labute approximate surface area is 116 Å². The largest absolute Gasteiger partial charge is 0.350 e. The molecule has 0 spiro atoms. The normalized spacial score (nSPS) is 9.55.